The molecule has 1 fully saturated rings. The minimum atomic E-state index is -3.06. The molecule has 0 saturated carbocycles. The molecule has 3 aromatic rings. The standard InChI is InChI=1S/C25H30N4O3S2/c1-17(23(30)26-20-14-15-34(31,32)16-20)33-24-28-27-22(29(24)21-8-6-5-7-9-21)18-10-12-19(13-11-18)25(2,3)4/h5-13,17,20H,14-16H2,1-4H3,(H,26,30). The molecule has 0 radical (unpaired) electrons. The first kappa shape index (κ1) is 24.5. The minimum absolute atomic E-state index is 0.00499. The average molecular weight is 499 g/mol. The van der Waals surface area contributed by atoms with Gasteiger partial charge in [0.25, 0.3) is 0 Å². The summed E-state index contributed by atoms with van der Waals surface area (Å²) in [6.07, 6.45) is 0.459. The van der Waals surface area contributed by atoms with Crippen LogP contribution in [-0.2, 0) is 20.0 Å². The van der Waals surface area contributed by atoms with Crippen molar-refractivity contribution in [2.75, 3.05) is 11.5 Å². The summed E-state index contributed by atoms with van der Waals surface area (Å²) in [6.45, 7) is 8.33. The molecule has 0 aliphatic carbocycles. The summed E-state index contributed by atoms with van der Waals surface area (Å²) in [5, 5.41) is 11.9. The lowest BCUT2D eigenvalue weighted by atomic mass is 9.87. The van der Waals surface area contributed by atoms with Crippen molar-refractivity contribution < 1.29 is 13.2 Å². The van der Waals surface area contributed by atoms with Gasteiger partial charge in [-0.05, 0) is 36.5 Å². The van der Waals surface area contributed by atoms with Crippen LogP contribution >= 0.6 is 11.8 Å². The van der Waals surface area contributed by atoms with Crippen LogP contribution in [0.25, 0.3) is 17.1 Å². The van der Waals surface area contributed by atoms with Crippen LogP contribution in [0.4, 0.5) is 0 Å². The van der Waals surface area contributed by atoms with Crippen molar-refractivity contribution in [3.63, 3.8) is 0 Å². The van der Waals surface area contributed by atoms with Crippen molar-refractivity contribution >= 4 is 27.5 Å². The van der Waals surface area contributed by atoms with Gasteiger partial charge in [-0.1, -0.05) is 75.0 Å². The molecule has 2 unspecified atom stereocenters. The molecular formula is C25H30N4O3S2. The number of carbonyl (C=O) groups is 1. The fourth-order valence-electron chi connectivity index (χ4n) is 3.90. The highest BCUT2D eigenvalue weighted by Crippen LogP contribution is 2.31. The van der Waals surface area contributed by atoms with Gasteiger partial charge in [0.2, 0.25) is 5.91 Å². The summed E-state index contributed by atoms with van der Waals surface area (Å²) in [5.41, 5.74) is 3.12. The predicted molar refractivity (Wildman–Crippen MR) is 136 cm³/mol. The molecule has 1 N–H and O–H groups in total. The molecule has 9 heteroatoms. The number of hydrogen-bond acceptors (Lipinski definition) is 6. The van der Waals surface area contributed by atoms with Crippen LogP contribution in [0.15, 0.2) is 59.8 Å². The van der Waals surface area contributed by atoms with E-state index in [0.29, 0.717) is 17.4 Å². The first-order chi connectivity index (χ1) is 16.0. The Morgan fingerprint density at radius 1 is 1.09 bits per heavy atom. The molecule has 1 aromatic heterocycles. The van der Waals surface area contributed by atoms with E-state index in [1.807, 2.05) is 34.9 Å². The molecule has 1 aliphatic rings. The Labute approximate surface area is 205 Å². The third kappa shape index (κ3) is 5.52. The second-order valence-electron chi connectivity index (χ2n) is 9.67. The van der Waals surface area contributed by atoms with E-state index in [-0.39, 0.29) is 28.9 Å². The van der Waals surface area contributed by atoms with Gasteiger partial charge in [-0.15, -0.1) is 10.2 Å². The van der Waals surface area contributed by atoms with Gasteiger partial charge in [-0.3, -0.25) is 9.36 Å². The number of thioether (sulfide) groups is 1. The maximum Gasteiger partial charge on any atom is 0.233 e. The van der Waals surface area contributed by atoms with Crippen molar-refractivity contribution in [1.29, 1.82) is 0 Å². The Hall–Kier alpha value is -2.65. The van der Waals surface area contributed by atoms with Crippen LogP contribution in [0.2, 0.25) is 0 Å². The molecule has 2 heterocycles. The Balaban J connectivity index is 1.60. The fourth-order valence-corrected chi connectivity index (χ4v) is 6.45. The van der Waals surface area contributed by atoms with Gasteiger partial charge in [0.15, 0.2) is 20.8 Å². The van der Waals surface area contributed by atoms with E-state index in [1.165, 1.54) is 17.3 Å². The Morgan fingerprint density at radius 3 is 2.35 bits per heavy atom. The minimum Gasteiger partial charge on any atom is -0.351 e. The summed E-state index contributed by atoms with van der Waals surface area (Å²) in [7, 11) is -3.06. The van der Waals surface area contributed by atoms with E-state index in [0.717, 1.165) is 11.3 Å². The summed E-state index contributed by atoms with van der Waals surface area (Å²) in [5.74, 6) is 0.624. The van der Waals surface area contributed by atoms with Crippen LogP contribution in [0.3, 0.4) is 0 Å². The summed E-state index contributed by atoms with van der Waals surface area (Å²) < 4.78 is 25.4. The fraction of sp³-hybridized carbons (Fsp3) is 0.400. The number of para-hydroxylation sites is 1. The number of benzene rings is 2. The van der Waals surface area contributed by atoms with E-state index in [2.05, 4.69) is 60.6 Å². The summed E-state index contributed by atoms with van der Waals surface area (Å²) in [6, 6.07) is 17.8. The maximum atomic E-state index is 12.8. The van der Waals surface area contributed by atoms with Gasteiger partial charge in [0, 0.05) is 17.3 Å². The van der Waals surface area contributed by atoms with Gasteiger partial charge in [-0.25, -0.2) is 8.42 Å². The van der Waals surface area contributed by atoms with E-state index in [9.17, 15) is 13.2 Å². The average Bonchev–Trinajstić information content (AvgIpc) is 3.36. The molecule has 1 aliphatic heterocycles. The van der Waals surface area contributed by atoms with Crippen molar-refractivity contribution in [2.45, 2.75) is 56.0 Å². The number of hydrogen-bond donors (Lipinski definition) is 1. The predicted octanol–water partition coefficient (Wildman–Crippen LogP) is 4.02. The molecule has 34 heavy (non-hydrogen) atoms. The number of nitrogens with zero attached hydrogens (tertiary/aromatic N) is 3. The van der Waals surface area contributed by atoms with E-state index in [1.54, 1.807) is 6.92 Å². The lowest BCUT2D eigenvalue weighted by molar-refractivity contribution is -0.120. The van der Waals surface area contributed by atoms with Crippen LogP contribution in [0.5, 0.6) is 0 Å². The van der Waals surface area contributed by atoms with E-state index in [4.69, 9.17) is 0 Å². The molecule has 1 amide bonds. The molecule has 7 nitrogen and oxygen atoms in total. The Kier molecular flexibility index (Phi) is 6.87. The largest absolute Gasteiger partial charge is 0.351 e. The molecule has 180 valence electrons. The van der Waals surface area contributed by atoms with Crippen LogP contribution < -0.4 is 5.32 Å². The van der Waals surface area contributed by atoms with Crippen molar-refractivity contribution in [3.05, 3.63) is 60.2 Å². The summed E-state index contributed by atoms with van der Waals surface area (Å²) in [4.78, 5) is 12.8. The van der Waals surface area contributed by atoms with Crippen molar-refractivity contribution in [1.82, 2.24) is 20.1 Å². The quantitative estimate of drug-likeness (QED) is 0.516. The topological polar surface area (TPSA) is 93.9 Å². The van der Waals surface area contributed by atoms with Crippen LogP contribution in [-0.4, -0.2) is 51.9 Å². The number of nitrogens with one attached hydrogen (secondary N) is 1. The van der Waals surface area contributed by atoms with Crippen molar-refractivity contribution in [2.24, 2.45) is 0 Å². The second kappa shape index (κ2) is 9.54. The van der Waals surface area contributed by atoms with Gasteiger partial charge in [0.05, 0.1) is 16.8 Å². The number of rotatable bonds is 6. The second-order valence-corrected chi connectivity index (χ2v) is 13.2. The molecule has 2 aromatic carbocycles. The lowest BCUT2D eigenvalue weighted by Crippen LogP contribution is -2.40. The zero-order chi connectivity index (χ0) is 24.5. The van der Waals surface area contributed by atoms with Crippen LogP contribution in [0, 0.1) is 0 Å². The number of sulfone groups is 1. The van der Waals surface area contributed by atoms with Gasteiger partial charge in [-0.2, -0.15) is 0 Å². The Morgan fingerprint density at radius 2 is 1.76 bits per heavy atom. The van der Waals surface area contributed by atoms with Gasteiger partial charge >= 0.3 is 0 Å². The number of aromatic nitrogens is 3. The normalized spacial score (nSPS) is 18.5. The molecular weight excluding hydrogens is 468 g/mol. The molecule has 0 spiro atoms. The number of carbonyl (C=O) groups excluding carboxylic acids is 1. The zero-order valence-corrected chi connectivity index (χ0v) is 21.5. The molecule has 2 atom stereocenters. The monoisotopic (exact) mass is 498 g/mol. The molecule has 1 saturated heterocycles. The van der Waals surface area contributed by atoms with E-state index < -0.39 is 15.1 Å². The van der Waals surface area contributed by atoms with Gasteiger partial charge in [0.1, 0.15) is 0 Å². The summed E-state index contributed by atoms with van der Waals surface area (Å²) >= 11 is 1.31. The highest BCUT2D eigenvalue weighted by Gasteiger charge is 2.31. The highest BCUT2D eigenvalue weighted by atomic mass is 32.2. The SMILES string of the molecule is CC(Sc1nnc(-c2ccc(C(C)(C)C)cc2)n1-c1ccccc1)C(=O)NC1CCS(=O)(=O)C1. The maximum absolute atomic E-state index is 12.8. The molecule has 0 bridgehead atoms. The zero-order valence-electron chi connectivity index (χ0n) is 19.9. The third-order valence-corrected chi connectivity index (χ3v) is 8.70. The molecule has 4 rings (SSSR count). The lowest BCUT2D eigenvalue weighted by Gasteiger charge is -2.19. The number of amides is 1. The van der Waals surface area contributed by atoms with Crippen LogP contribution in [0.1, 0.15) is 39.7 Å². The first-order valence-electron chi connectivity index (χ1n) is 11.3. The van der Waals surface area contributed by atoms with Crippen molar-refractivity contribution in [3.8, 4) is 17.1 Å². The third-order valence-electron chi connectivity index (χ3n) is 5.89. The van der Waals surface area contributed by atoms with Gasteiger partial charge < -0.3 is 5.32 Å². The Bertz CT molecular complexity index is 1260. The van der Waals surface area contributed by atoms with E-state index >= 15 is 0 Å². The smallest absolute Gasteiger partial charge is 0.233 e. The first-order valence-corrected chi connectivity index (χ1v) is 14.0. The highest BCUT2D eigenvalue weighted by molar-refractivity contribution is 8.00.